The predicted octanol–water partition coefficient (Wildman–Crippen LogP) is 3.27. The van der Waals surface area contributed by atoms with Gasteiger partial charge in [-0.1, -0.05) is 13.8 Å². The fraction of sp³-hybridized carbons (Fsp3) is 0.583. The first-order chi connectivity index (χ1) is 7.72. The molecule has 16 heavy (non-hydrogen) atoms. The van der Waals surface area contributed by atoms with Gasteiger partial charge in [0.1, 0.15) is 5.84 Å². The van der Waals surface area contributed by atoms with Crippen molar-refractivity contribution < 1.29 is 0 Å². The van der Waals surface area contributed by atoms with Crippen LogP contribution in [0, 0.1) is 0 Å². The van der Waals surface area contributed by atoms with Crippen molar-refractivity contribution in [1.82, 2.24) is 4.98 Å². The van der Waals surface area contributed by atoms with Crippen LogP contribution < -0.4 is 0 Å². The number of hydrogen-bond acceptors (Lipinski definition) is 4. The Morgan fingerprint density at radius 1 is 1.50 bits per heavy atom. The van der Waals surface area contributed by atoms with Gasteiger partial charge < -0.3 is 0 Å². The summed E-state index contributed by atoms with van der Waals surface area (Å²) in [6.45, 7) is 7.23. The second-order valence-corrected chi connectivity index (χ2v) is 5.06. The Morgan fingerprint density at radius 2 is 2.31 bits per heavy atom. The van der Waals surface area contributed by atoms with Gasteiger partial charge in [-0.2, -0.15) is 0 Å². The first-order valence-electron chi connectivity index (χ1n) is 5.74. The van der Waals surface area contributed by atoms with Gasteiger partial charge in [0.15, 0.2) is 0 Å². The van der Waals surface area contributed by atoms with E-state index < -0.39 is 0 Å². The summed E-state index contributed by atoms with van der Waals surface area (Å²) in [6.07, 6.45) is 2.05. The maximum atomic E-state index is 4.59. The van der Waals surface area contributed by atoms with Crippen molar-refractivity contribution in [3.05, 3.63) is 16.1 Å². The molecule has 1 atom stereocenters. The SMILES string of the molecule is CCCC1=NCC(C)c2scnc2C(C)=N1. The largest absolute Gasteiger partial charge is 0.270 e. The van der Waals surface area contributed by atoms with Crippen LogP contribution in [0.15, 0.2) is 15.5 Å². The Labute approximate surface area is 100 Å². The zero-order chi connectivity index (χ0) is 11.5. The summed E-state index contributed by atoms with van der Waals surface area (Å²) in [5, 5.41) is 0. The van der Waals surface area contributed by atoms with E-state index in [0.717, 1.165) is 36.6 Å². The molecule has 86 valence electrons. The lowest BCUT2D eigenvalue weighted by molar-refractivity contribution is 0.777. The Hall–Kier alpha value is -1.03. The summed E-state index contributed by atoms with van der Waals surface area (Å²) < 4.78 is 0. The fourth-order valence-electron chi connectivity index (χ4n) is 1.84. The lowest BCUT2D eigenvalue weighted by Gasteiger charge is -2.13. The van der Waals surface area contributed by atoms with Gasteiger partial charge >= 0.3 is 0 Å². The molecule has 4 heteroatoms. The number of aromatic nitrogens is 1. The first kappa shape index (κ1) is 11.5. The van der Waals surface area contributed by atoms with E-state index in [4.69, 9.17) is 0 Å². The van der Waals surface area contributed by atoms with E-state index in [1.54, 1.807) is 11.3 Å². The van der Waals surface area contributed by atoms with E-state index in [9.17, 15) is 0 Å². The van der Waals surface area contributed by atoms with Crippen molar-refractivity contribution in [2.24, 2.45) is 9.98 Å². The minimum absolute atomic E-state index is 0.458. The molecule has 3 nitrogen and oxygen atoms in total. The maximum Gasteiger partial charge on any atom is 0.123 e. The number of thiazole rings is 1. The van der Waals surface area contributed by atoms with E-state index in [1.807, 2.05) is 12.4 Å². The van der Waals surface area contributed by atoms with Gasteiger partial charge in [-0.3, -0.25) is 4.99 Å². The van der Waals surface area contributed by atoms with Gasteiger partial charge in [0.2, 0.25) is 0 Å². The van der Waals surface area contributed by atoms with Crippen molar-refractivity contribution >= 4 is 22.9 Å². The molecule has 0 fully saturated rings. The molecule has 0 amide bonds. The molecule has 0 radical (unpaired) electrons. The molecular weight excluding hydrogens is 218 g/mol. The Bertz CT molecular complexity index is 431. The van der Waals surface area contributed by atoms with Gasteiger partial charge in [-0.15, -0.1) is 11.3 Å². The Kier molecular flexibility index (Phi) is 3.49. The Balaban J connectivity index is 2.39. The summed E-state index contributed by atoms with van der Waals surface area (Å²) in [5.74, 6) is 1.44. The van der Waals surface area contributed by atoms with Crippen LogP contribution in [0.25, 0.3) is 0 Å². The van der Waals surface area contributed by atoms with Crippen LogP contribution in [-0.4, -0.2) is 23.1 Å². The number of hydrogen-bond donors (Lipinski definition) is 0. The van der Waals surface area contributed by atoms with Crippen LogP contribution in [0.1, 0.15) is 50.1 Å². The minimum atomic E-state index is 0.458. The topological polar surface area (TPSA) is 37.6 Å². The van der Waals surface area contributed by atoms with Crippen molar-refractivity contribution in [1.29, 1.82) is 0 Å². The molecule has 1 aromatic heterocycles. The third kappa shape index (κ3) is 2.21. The highest BCUT2D eigenvalue weighted by Gasteiger charge is 2.18. The third-order valence-electron chi connectivity index (χ3n) is 2.70. The molecule has 2 heterocycles. The molecular formula is C12H17N3S. The average Bonchev–Trinajstić information content (AvgIpc) is 2.73. The average molecular weight is 235 g/mol. The van der Waals surface area contributed by atoms with Gasteiger partial charge in [0.25, 0.3) is 0 Å². The first-order valence-corrected chi connectivity index (χ1v) is 6.62. The number of rotatable bonds is 2. The van der Waals surface area contributed by atoms with E-state index in [1.165, 1.54) is 4.88 Å². The normalized spacial score (nSPS) is 20.6. The highest BCUT2D eigenvalue weighted by molar-refractivity contribution is 7.10. The van der Waals surface area contributed by atoms with Crippen molar-refractivity contribution in [3.63, 3.8) is 0 Å². The summed E-state index contributed by atoms with van der Waals surface area (Å²) >= 11 is 1.71. The molecule has 1 aliphatic heterocycles. The van der Waals surface area contributed by atoms with Crippen molar-refractivity contribution in [2.75, 3.05) is 6.54 Å². The van der Waals surface area contributed by atoms with Crippen LogP contribution in [-0.2, 0) is 0 Å². The van der Waals surface area contributed by atoms with E-state index in [2.05, 4.69) is 28.8 Å². The molecule has 0 bridgehead atoms. The third-order valence-corrected chi connectivity index (χ3v) is 3.76. The van der Waals surface area contributed by atoms with Gasteiger partial charge in [-0.05, 0) is 13.3 Å². The van der Waals surface area contributed by atoms with Crippen LogP contribution in [0.2, 0.25) is 0 Å². The summed E-state index contributed by atoms with van der Waals surface area (Å²) in [4.78, 5) is 14.9. The summed E-state index contributed by atoms with van der Waals surface area (Å²) in [5.41, 5.74) is 3.99. The molecule has 0 N–H and O–H groups in total. The van der Waals surface area contributed by atoms with Gasteiger partial charge in [-0.25, -0.2) is 9.98 Å². The molecule has 2 rings (SSSR count). The molecule has 0 spiro atoms. The highest BCUT2D eigenvalue weighted by Crippen LogP contribution is 2.26. The lowest BCUT2D eigenvalue weighted by Crippen LogP contribution is -2.11. The van der Waals surface area contributed by atoms with Gasteiger partial charge in [0.05, 0.1) is 16.9 Å². The summed E-state index contributed by atoms with van der Waals surface area (Å²) in [7, 11) is 0. The zero-order valence-electron chi connectivity index (χ0n) is 10.0. The molecule has 1 aliphatic rings. The lowest BCUT2D eigenvalue weighted by atomic mass is 10.1. The minimum Gasteiger partial charge on any atom is -0.270 e. The quantitative estimate of drug-likeness (QED) is 0.775. The number of amidine groups is 1. The standard InChI is InChI=1S/C12H17N3S/c1-4-5-10-13-6-8(2)12-11(9(3)15-10)14-7-16-12/h7-8H,4-6H2,1-3H3. The van der Waals surface area contributed by atoms with Crippen LogP contribution in [0.4, 0.5) is 0 Å². The van der Waals surface area contributed by atoms with Crippen LogP contribution in [0.3, 0.4) is 0 Å². The van der Waals surface area contributed by atoms with Gasteiger partial charge in [0, 0.05) is 23.8 Å². The number of nitrogens with zero attached hydrogens (tertiary/aromatic N) is 3. The second kappa shape index (κ2) is 4.87. The number of aliphatic imine (C=N–C) groups is 2. The molecule has 0 aromatic carbocycles. The molecule has 0 saturated heterocycles. The van der Waals surface area contributed by atoms with E-state index in [-0.39, 0.29) is 0 Å². The van der Waals surface area contributed by atoms with Crippen LogP contribution >= 0.6 is 11.3 Å². The fourth-order valence-corrected chi connectivity index (χ4v) is 2.73. The van der Waals surface area contributed by atoms with E-state index in [0.29, 0.717) is 5.92 Å². The molecule has 1 unspecified atom stereocenters. The smallest absolute Gasteiger partial charge is 0.123 e. The molecule has 0 saturated carbocycles. The van der Waals surface area contributed by atoms with Crippen molar-refractivity contribution in [2.45, 2.75) is 39.5 Å². The predicted molar refractivity (Wildman–Crippen MR) is 70.0 cm³/mol. The highest BCUT2D eigenvalue weighted by atomic mass is 32.1. The second-order valence-electron chi connectivity index (χ2n) is 4.17. The molecule has 1 aromatic rings. The zero-order valence-corrected chi connectivity index (χ0v) is 10.8. The maximum absolute atomic E-state index is 4.59. The van der Waals surface area contributed by atoms with Crippen LogP contribution in [0.5, 0.6) is 0 Å². The monoisotopic (exact) mass is 235 g/mol. The Morgan fingerprint density at radius 3 is 3.06 bits per heavy atom. The number of fused-ring (bicyclic) bond motifs is 1. The molecule has 0 aliphatic carbocycles. The van der Waals surface area contributed by atoms with Crippen molar-refractivity contribution in [3.8, 4) is 0 Å². The van der Waals surface area contributed by atoms with E-state index >= 15 is 0 Å². The summed E-state index contributed by atoms with van der Waals surface area (Å²) in [6, 6.07) is 0.